The van der Waals surface area contributed by atoms with Gasteiger partial charge in [-0.15, -0.1) is 12.4 Å². The number of carbonyl (C=O) groups excluding carboxylic acids is 1. The van der Waals surface area contributed by atoms with E-state index >= 15 is 0 Å². The molecule has 2 rings (SSSR count). The molecule has 1 unspecified atom stereocenters. The fraction of sp³-hybridized carbons (Fsp3) is 0.562. The summed E-state index contributed by atoms with van der Waals surface area (Å²) in [7, 11) is 0. The van der Waals surface area contributed by atoms with Crippen LogP contribution in [0.15, 0.2) is 18.2 Å². The van der Waals surface area contributed by atoms with E-state index < -0.39 is 0 Å². The zero-order valence-electron chi connectivity index (χ0n) is 12.8. The zero-order chi connectivity index (χ0) is 14.4. The molecule has 0 saturated carbocycles. The molecule has 3 nitrogen and oxygen atoms in total. The van der Waals surface area contributed by atoms with Crippen LogP contribution in [-0.4, -0.2) is 36.5 Å². The van der Waals surface area contributed by atoms with Crippen LogP contribution < -0.4 is 10.6 Å². The highest BCUT2D eigenvalue weighted by atomic mass is 35.5. The molecule has 0 aromatic heterocycles. The highest BCUT2D eigenvalue weighted by Gasteiger charge is 2.16. The minimum atomic E-state index is 0. The molecular formula is C16H25ClN2OS. The second-order valence-electron chi connectivity index (χ2n) is 5.53. The van der Waals surface area contributed by atoms with E-state index in [0.717, 1.165) is 31.0 Å². The maximum absolute atomic E-state index is 11.9. The number of hydrogen-bond acceptors (Lipinski definition) is 3. The first-order chi connectivity index (χ1) is 9.63. The molecule has 5 heteroatoms. The van der Waals surface area contributed by atoms with Gasteiger partial charge in [0.25, 0.3) is 0 Å². The van der Waals surface area contributed by atoms with E-state index in [1.54, 1.807) is 0 Å². The molecule has 0 spiro atoms. The second kappa shape index (κ2) is 9.34. The molecule has 1 amide bonds. The van der Waals surface area contributed by atoms with Crippen molar-refractivity contribution in [2.24, 2.45) is 0 Å². The Balaban J connectivity index is 0.00000220. The van der Waals surface area contributed by atoms with Crippen LogP contribution in [0.2, 0.25) is 0 Å². The van der Waals surface area contributed by atoms with E-state index in [0.29, 0.717) is 12.5 Å². The number of halogens is 1. The summed E-state index contributed by atoms with van der Waals surface area (Å²) in [6.45, 7) is 5.97. The van der Waals surface area contributed by atoms with Crippen molar-refractivity contribution in [2.45, 2.75) is 32.7 Å². The van der Waals surface area contributed by atoms with Crippen LogP contribution in [0, 0.1) is 13.8 Å². The smallest absolute Gasteiger partial charge is 0.221 e. The van der Waals surface area contributed by atoms with Gasteiger partial charge in [-0.3, -0.25) is 4.79 Å². The molecular weight excluding hydrogens is 304 g/mol. The van der Waals surface area contributed by atoms with Crippen LogP contribution in [-0.2, 0) is 11.2 Å². The highest BCUT2D eigenvalue weighted by Crippen LogP contribution is 2.11. The van der Waals surface area contributed by atoms with E-state index in [9.17, 15) is 4.79 Å². The van der Waals surface area contributed by atoms with Crippen molar-refractivity contribution < 1.29 is 4.79 Å². The SMILES string of the molecule is Cc1cc(C)cc(CCNC(=O)CC2CSCCN2)c1.Cl. The van der Waals surface area contributed by atoms with Gasteiger partial charge < -0.3 is 10.6 Å². The Bertz CT molecular complexity index is 441. The van der Waals surface area contributed by atoms with Gasteiger partial charge >= 0.3 is 0 Å². The molecule has 1 aliphatic rings. The average molecular weight is 329 g/mol. The van der Waals surface area contributed by atoms with Crippen molar-refractivity contribution in [1.82, 2.24) is 10.6 Å². The molecule has 1 heterocycles. The molecule has 0 bridgehead atoms. The first-order valence-corrected chi connectivity index (χ1v) is 8.44. The molecule has 21 heavy (non-hydrogen) atoms. The number of aryl methyl sites for hydroxylation is 2. The standard InChI is InChI=1S/C16H24N2OS.ClH/c1-12-7-13(2)9-14(8-12)3-4-18-16(19)10-15-11-20-6-5-17-15;/h7-9,15,17H,3-6,10-11H2,1-2H3,(H,18,19);1H. The van der Waals surface area contributed by atoms with Gasteiger partial charge in [-0.05, 0) is 25.8 Å². The summed E-state index contributed by atoms with van der Waals surface area (Å²) in [6.07, 6.45) is 1.50. The van der Waals surface area contributed by atoms with Gasteiger partial charge in [0.2, 0.25) is 5.91 Å². The zero-order valence-corrected chi connectivity index (χ0v) is 14.4. The Morgan fingerprint density at radius 1 is 1.33 bits per heavy atom. The third-order valence-corrected chi connectivity index (χ3v) is 4.58. The number of hydrogen-bond donors (Lipinski definition) is 2. The van der Waals surface area contributed by atoms with E-state index in [2.05, 4.69) is 42.7 Å². The van der Waals surface area contributed by atoms with Crippen molar-refractivity contribution in [3.63, 3.8) is 0 Å². The fourth-order valence-corrected chi connectivity index (χ4v) is 3.56. The summed E-state index contributed by atoms with van der Waals surface area (Å²) in [5.74, 6) is 2.37. The van der Waals surface area contributed by atoms with E-state index in [1.807, 2.05) is 11.8 Å². The highest BCUT2D eigenvalue weighted by molar-refractivity contribution is 7.99. The lowest BCUT2D eigenvalue weighted by atomic mass is 10.1. The van der Waals surface area contributed by atoms with Crippen molar-refractivity contribution in [1.29, 1.82) is 0 Å². The number of carbonyl (C=O) groups is 1. The summed E-state index contributed by atoms with van der Waals surface area (Å²) >= 11 is 1.93. The molecule has 0 aliphatic carbocycles. The van der Waals surface area contributed by atoms with Crippen molar-refractivity contribution >= 4 is 30.1 Å². The average Bonchev–Trinajstić information content (AvgIpc) is 2.38. The Kier molecular flexibility index (Phi) is 8.15. The van der Waals surface area contributed by atoms with Crippen LogP contribution in [0.4, 0.5) is 0 Å². The van der Waals surface area contributed by atoms with Crippen LogP contribution in [0.3, 0.4) is 0 Å². The first-order valence-electron chi connectivity index (χ1n) is 7.28. The Labute approximate surface area is 138 Å². The predicted molar refractivity (Wildman–Crippen MR) is 93.6 cm³/mol. The van der Waals surface area contributed by atoms with Gasteiger partial charge in [-0.2, -0.15) is 11.8 Å². The molecule has 1 saturated heterocycles. The van der Waals surface area contributed by atoms with Crippen LogP contribution in [0.5, 0.6) is 0 Å². The molecule has 1 fully saturated rings. The van der Waals surface area contributed by atoms with Gasteiger partial charge in [0, 0.05) is 37.1 Å². The van der Waals surface area contributed by atoms with Gasteiger partial charge in [0.15, 0.2) is 0 Å². The second-order valence-corrected chi connectivity index (χ2v) is 6.68. The summed E-state index contributed by atoms with van der Waals surface area (Å²) in [6, 6.07) is 6.90. The maximum Gasteiger partial charge on any atom is 0.221 e. The van der Waals surface area contributed by atoms with E-state index in [1.165, 1.54) is 16.7 Å². The van der Waals surface area contributed by atoms with Crippen molar-refractivity contribution in [3.8, 4) is 0 Å². The number of benzene rings is 1. The summed E-state index contributed by atoms with van der Waals surface area (Å²) in [5.41, 5.74) is 3.87. The summed E-state index contributed by atoms with van der Waals surface area (Å²) < 4.78 is 0. The topological polar surface area (TPSA) is 41.1 Å². The van der Waals surface area contributed by atoms with Crippen molar-refractivity contribution in [2.75, 3.05) is 24.6 Å². The molecule has 1 aromatic rings. The lowest BCUT2D eigenvalue weighted by Crippen LogP contribution is -2.41. The number of amides is 1. The largest absolute Gasteiger partial charge is 0.356 e. The molecule has 1 aliphatic heterocycles. The molecule has 1 aromatic carbocycles. The van der Waals surface area contributed by atoms with Gasteiger partial charge in [0.1, 0.15) is 0 Å². The number of nitrogens with one attached hydrogen (secondary N) is 2. The minimum Gasteiger partial charge on any atom is -0.356 e. The third-order valence-electron chi connectivity index (χ3n) is 3.45. The predicted octanol–water partition coefficient (Wildman–Crippen LogP) is 2.48. The Morgan fingerprint density at radius 2 is 2.05 bits per heavy atom. The number of thioether (sulfide) groups is 1. The van der Waals surface area contributed by atoms with E-state index in [4.69, 9.17) is 0 Å². The van der Waals surface area contributed by atoms with Gasteiger partial charge in [-0.25, -0.2) is 0 Å². The normalized spacial score (nSPS) is 17.9. The van der Waals surface area contributed by atoms with Crippen molar-refractivity contribution in [3.05, 3.63) is 34.9 Å². The Morgan fingerprint density at radius 3 is 2.67 bits per heavy atom. The number of rotatable bonds is 5. The summed E-state index contributed by atoms with van der Waals surface area (Å²) in [5, 5.41) is 6.42. The fourth-order valence-electron chi connectivity index (χ4n) is 2.61. The quantitative estimate of drug-likeness (QED) is 0.872. The molecule has 2 N–H and O–H groups in total. The maximum atomic E-state index is 11.9. The third kappa shape index (κ3) is 6.72. The van der Waals surface area contributed by atoms with Crippen LogP contribution in [0.25, 0.3) is 0 Å². The molecule has 1 atom stereocenters. The van der Waals surface area contributed by atoms with Gasteiger partial charge in [0.05, 0.1) is 0 Å². The van der Waals surface area contributed by atoms with Crippen LogP contribution >= 0.6 is 24.2 Å². The lowest BCUT2D eigenvalue weighted by Gasteiger charge is -2.22. The molecule has 0 radical (unpaired) electrons. The monoisotopic (exact) mass is 328 g/mol. The molecule has 118 valence electrons. The Hall–Kier alpha value is -0.710. The van der Waals surface area contributed by atoms with Gasteiger partial charge in [-0.1, -0.05) is 29.3 Å². The first kappa shape index (κ1) is 18.3. The lowest BCUT2D eigenvalue weighted by molar-refractivity contribution is -0.121. The van der Waals surface area contributed by atoms with E-state index in [-0.39, 0.29) is 18.3 Å². The summed E-state index contributed by atoms with van der Waals surface area (Å²) in [4.78, 5) is 11.9. The minimum absolute atomic E-state index is 0. The van der Waals surface area contributed by atoms with Crippen LogP contribution in [0.1, 0.15) is 23.1 Å².